The van der Waals surface area contributed by atoms with Crippen LogP contribution in [0.2, 0.25) is 0 Å². The van der Waals surface area contributed by atoms with E-state index in [2.05, 4.69) is 51.3 Å². The van der Waals surface area contributed by atoms with Gasteiger partial charge in [0.15, 0.2) is 5.11 Å². The van der Waals surface area contributed by atoms with Crippen molar-refractivity contribution in [2.45, 2.75) is 25.3 Å². The topological polar surface area (TPSA) is 48.5 Å². The zero-order valence-corrected chi connectivity index (χ0v) is 13.2. The molecule has 2 heterocycles. The third-order valence-electron chi connectivity index (χ3n) is 4.69. The molecular weight excluding hydrogens is 292 g/mol. The Morgan fingerprint density at radius 2 is 2.05 bits per heavy atom. The van der Waals surface area contributed by atoms with Crippen LogP contribution in [0.3, 0.4) is 0 Å². The number of rotatable bonds is 2. The number of nitrogens with one attached hydrogen (secondary N) is 3. The minimum absolute atomic E-state index is 0.252. The summed E-state index contributed by atoms with van der Waals surface area (Å²) >= 11 is 5.46. The van der Waals surface area contributed by atoms with Gasteiger partial charge in [-0.3, -0.25) is 4.99 Å². The van der Waals surface area contributed by atoms with Gasteiger partial charge in [-0.1, -0.05) is 30.3 Å². The highest BCUT2D eigenvalue weighted by Crippen LogP contribution is 2.39. The smallest absolute Gasteiger partial charge is 0.171 e. The maximum absolute atomic E-state index is 5.46. The van der Waals surface area contributed by atoms with Gasteiger partial charge in [0.25, 0.3) is 0 Å². The number of fused-ring (bicyclic) bond motifs is 1. The number of nitrogens with zero attached hydrogens (tertiary/aromatic N) is 1. The Bertz CT molecular complexity index is 650. The Balaban J connectivity index is 1.75. The molecule has 3 aliphatic rings. The molecule has 1 aliphatic carbocycles. The molecule has 3 N–H and O–H groups in total. The first-order chi connectivity index (χ1) is 10.8. The molecule has 0 radical (unpaired) electrons. The monoisotopic (exact) mass is 312 g/mol. The maximum atomic E-state index is 5.46. The van der Waals surface area contributed by atoms with Crippen LogP contribution in [0.5, 0.6) is 0 Å². The summed E-state index contributed by atoms with van der Waals surface area (Å²) in [6, 6.07) is 10.9. The van der Waals surface area contributed by atoms with E-state index in [1.807, 2.05) is 0 Å². The van der Waals surface area contributed by atoms with Crippen molar-refractivity contribution in [3.05, 3.63) is 47.2 Å². The lowest BCUT2D eigenvalue weighted by molar-refractivity contribution is 0.368. The highest BCUT2D eigenvalue weighted by atomic mass is 32.1. The first-order valence-corrected chi connectivity index (χ1v) is 8.38. The van der Waals surface area contributed by atoms with Gasteiger partial charge in [-0.2, -0.15) is 0 Å². The van der Waals surface area contributed by atoms with Gasteiger partial charge in [-0.25, -0.2) is 0 Å². The molecule has 4 nitrogen and oxygen atoms in total. The molecule has 1 saturated heterocycles. The molecule has 2 aliphatic heterocycles. The van der Waals surface area contributed by atoms with E-state index in [1.165, 1.54) is 29.7 Å². The van der Waals surface area contributed by atoms with E-state index in [9.17, 15) is 0 Å². The van der Waals surface area contributed by atoms with E-state index in [-0.39, 0.29) is 6.04 Å². The van der Waals surface area contributed by atoms with Crippen molar-refractivity contribution < 1.29 is 0 Å². The lowest BCUT2D eigenvalue weighted by atomic mass is 9.78. The van der Waals surface area contributed by atoms with Gasteiger partial charge in [0.1, 0.15) is 5.84 Å². The summed E-state index contributed by atoms with van der Waals surface area (Å²) in [7, 11) is 0. The molecule has 0 unspecified atom stereocenters. The van der Waals surface area contributed by atoms with Crippen LogP contribution < -0.4 is 16.0 Å². The number of thiocarbonyl (C=S) groups is 1. The van der Waals surface area contributed by atoms with Crippen LogP contribution in [-0.4, -0.2) is 24.0 Å². The van der Waals surface area contributed by atoms with Crippen molar-refractivity contribution in [2.24, 2.45) is 10.9 Å². The SMILES string of the molecule is S=C1NC2=C(C3=NCCN3)CCC[C@@H]2[C@H](c2ccccc2)N1. The second-order valence-electron chi connectivity index (χ2n) is 6.03. The lowest BCUT2D eigenvalue weighted by Crippen LogP contribution is -2.50. The quantitative estimate of drug-likeness (QED) is 0.733. The molecule has 0 amide bonds. The number of hydrogen-bond acceptors (Lipinski definition) is 3. The third-order valence-corrected chi connectivity index (χ3v) is 4.91. The van der Waals surface area contributed by atoms with E-state index < -0.39 is 0 Å². The molecule has 1 fully saturated rings. The molecule has 0 aromatic heterocycles. The zero-order chi connectivity index (χ0) is 14.9. The average molecular weight is 312 g/mol. The Hall–Kier alpha value is -1.88. The van der Waals surface area contributed by atoms with E-state index in [4.69, 9.17) is 12.2 Å². The summed E-state index contributed by atoms with van der Waals surface area (Å²) in [5.74, 6) is 1.51. The number of aliphatic imine (C=N–C) groups is 1. The first kappa shape index (κ1) is 13.8. The molecule has 0 saturated carbocycles. The Kier molecular flexibility index (Phi) is 3.58. The van der Waals surface area contributed by atoms with Gasteiger partial charge < -0.3 is 16.0 Å². The Morgan fingerprint density at radius 1 is 1.18 bits per heavy atom. The largest absolute Gasteiger partial charge is 0.368 e. The van der Waals surface area contributed by atoms with Crippen LogP contribution in [0.1, 0.15) is 30.9 Å². The molecule has 114 valence electrons. The normalized spacial score (nSPS) is 27.5. The maximum Gasteiger partial charge on any atom is 0.171 e. The number of amidine groups is 1. The van der Waals surface area contributed by atoms with Crippen LogP contribution >= 0.6 is 12.2 Å². The fourth-order valence-electron chi connectivity index (χ4n) is 3.73. The summed E-state index contributed by atoms with van der Waals surface area (Å²) < 4.78 is 0. The fourth-order valence-corrected chi connectivity index (χ4v) is 3.96. The van der Waals surface area contributed by atoms with E-state index in [0.29, 0.717) is 5.92 Å². The number of hydrogen-bond donors (Lipinski definition) is 3. The minimum Gasteiger partial charge on any atom is -0.368 e. The summed E-state index contributed by atoms with van der Waals surface area (Å²) in [5.41, 5.74) is 3.91. The van der Waals surface area contributed by atoms with E-state index >= 15 is 0 Å². The molecule has 1 aromatic carbocycles. The second kappa shape index (κ2) is 5.72. The van der Waals surface area contributed by atoms with Gasteiger partial charge in [0.05, 0.1) is 12.6 Å². The van der Waals surface area contributed by atoms with Crippen molar-refractivity contribution in [1.29, 1.82) is 0 Å². The van der Waals surface area contributed by atoms with Crippen molar-refractivity contribution in [1.82, 2.24) is 16.0 Å². The van der Waals surface area contributed by atoms with Crippen LogP contribution in [0, 0.1) is 5.92 Å². The van der Waals surface area contributed by atoms with Crippen LogP contribution in [-0.2, 0) is 0 Å². The van der Waals surface area contributed by atoms with Gasteiger partial charge in [-0.15, -0.1) is 0 Å². The van der Waals surface area contributed by atoms with Crippen LogP contribution in [0.25, 0.3) is 0 Å². The third kappa shape index (κ3) is 2.39. The zero-order valence-electron chi connectivity index (χ0n) is 12.4. The predicted molar refractivity (Wildman–Crippen MR) is 92.7 cm³/mol. The van der Waals surface area contributed by atoms with Gasteiger partial charge in [0, 0.05) is 23.7 Å². The molecule has 2 atom stereocenters. The second-order valence-corrected chi connectivity index (χ2v) is 6.44. The molecule has 0 spiro atoms. The highest BCUT2D eigenvalue weighted by molar-refractivity contribution is 7.80. The standard InChI is InChI=1S/C17H20N4S/c22-17-20-14(11-5-2-1-3-6-11)12-7-4-8-13(15(12)21-17)16-18-9-10-19-16/h1-3,5-6,12,14H,4,7-10H2,(H,18,19)(H2,20,21,22)/t12-,14+/m1/s1. The minimum atomic E-state index is 0.252. The Morgan fingerprint density at radius 3 is 2.82 bits per heavy atom. The van der Waals surface area contributed by atoms with Gasteiger partial charge in [-0.05, 0) is 37.0 Å². The lowest BCUT2D eigenvalue weighted by Gasteiger charge is -2.40. The van der Waals surface area contributed by atoms with Crippen molar-refractivity contribution in [2.75, 3.05) is 13.1 Å². The molecule has 22 heavy (non-hydrogen) atoms. The first-order valence-electron chi connectivity index (χ1n) is 7.97. The summed E-state index contributed by atoms with van der Waals surface area (Å²) in [6.07, 6.45) is 3.45. The van der Waals surface area contributed by atoms with Gasteiger partial charge >= 0.3 is 0 Å². The van der Waals surface area contributed by atoms with Gasteiger partial charge in [0.2, 0.25) is 0 Å². The molecule has 1 aromatic rings. The Labute approximate surface area is 136 Å². The molecule has 5 heteroatoms. The van der Waals surface area contributed by atoms with Crippen molar-refractivity contribution in [3.63, 3.8) is 0 Å². The fraction of sp³-hybridized carbons (Fsp3) is 0.412. The van der Waals surface area contributed by atoms with Crippen molar-refractivity contribution in [3.8, 4) is 0 Å². The average Bonchev–Trinajstić information content (AvgIpc) is 3.08. The van der Waals surface area contributed by atoms with Crippen LogP contribution in [0.4, 0.5) is 0 Å². The van der Waals surface area contributed by atoms with E-state index in [1.54, 1.807) is 0 Å². The van der Waals surface area contributed by atoms with Crippen LogP contribution in [0.15, 0.2) is 46.6 Å². The number of benzene rings is 1. The molecular formula is C17H20N4S. The summed E-state index contributed by atoms with van der Waals surface area (Å²) in [6.45, 7) is 1.82. The summed E-state index contributed by atoms with van der Waals surface area (Å²) in [4.78, 5) is 4.62. The predicted octanol–water partition coefficient (Wildman–Crippen LogP) is 2.26. The molecule has 4 rings (SSSR count). The summed E-state index contributed by atoms with van der Waals surface area (Å²) in [5, 5.41) is 11.0. The molecule has 0 bridgehead atoms. The van der Waals surface area contributed by atoms with E-state index in [0.717, 1.165) is 30.5 Å². The van der Waals surface area contributed by atoms with Crippen molar-refractivity contribution >= 4 is 23.2 Å². The highest BCUT2D eigenvalue weighted by Gasteiger charge is 2.36.